The molecule has 0 radical (unpaired) electrons. The van der Waals surface area contributed by atoms with Gasteiger partial charge in [0.1, 0.15) is 11.4 Å². The number of nitriles is 1. The maximum atomic E-state index is 13.5. The molecule has 1 aliphatic rings. The molecule has 2 aromatic rings. The highest BCUT2D eigenvalue weighted by Gasteiger charge is 2.36. The summed E-state index contributed by atoms with van der Waals surface area (Å²) in [4.78, 5) is 0.0727. The molecule has 2 N–H and O–H groups in total. The smallest absolute Gasteiger partial charge is 0.417 e. The number of halogens is 3. The number of benzene rings is 2. The molecule has 0 aromatic heterocycles. The van der Waals surface area contributed by atoms with Crippen LogP contribution in [0.15, 0.2) is 101 Å². The Morgan fingerprint density at radius 1 is 1.13 bits per heavy atom. The zero-order chi connectivity index (χ0) is 28.8. The van der Waals surface area contributed by atoms with Gasteiger partial charge in [-0.2, -0.15) is 18.4 Å². The van der Waals surface area contributed by atoms with Crippen molar-refractivity contribution in [3.05, 3.63) is 107 Å². The molecule has 2 atom stereocenters. The van der Waals surface area contributed by atoms with Gasteiger partial charge in [-0.1, -0.05) is 54.6 Å². The van der Waals surface area contributed by atoms with Gasteiger partial charge in [0.2, 0.25) is 0 Å². The molecule has 0 bridgehead atoms. The van der Waals surface area contributed by atoms with Gasteiger partial charge in [-0.15, -0.1) is 0 Å². The van der Waals surface area contributed by atoms with Crippen molar-refractivity contribution in [3.8, 4) is 11.8 Å². The number of rotatable bonds is 9. The van der Waals surface area contributed by atoms with E-state index >= 15 is 0 Å². The molecule has 6 nitrogen and oxygen atoms in total. The van der Waals surface area contributed by atoms with Crippen LogP contribution in [0.3, 0.4) is 0 Å². The fourth-order valence-electron chi connectivity index (χ4n) is 4.26. The van der Waals surface area contributed by atoms with E-state index in [2.05, 4.69) is 5.32 Å². The van der Waals surface area contributed by atoms with Crippen molar-refractivity contribution < 1.29 is 31.4 Å². The van der Waals surface area contributed by atoms with Crippen LogP contribution in [-0.2, 0) is 16.3 Å². The number of hydrogen-bond acceptors (Lipinski definition) is 6. The number of sulfone groups is 1. The Labute approximate surface area is 226 Å². The molecule has 0 spiro atoms. The molecule has 0 amide bonds. The fourth-order valence-corrected chi connectivity index (χ4v) is 6.13. The predicted molar refractivity (Wildman–Crippen MR) is 143 cm³/mol. The van der Waals surface area contributed by atoms with Gasteiger partial charge in [0.15, 0.2) is 9.84 Å². The van der Waals surface area contributed by atoms with Gasteiger partial charge >= 0.3 is 6.18 Å². The monoisotopic (exact) mass is 558 g/mol. The molecule has 0 saturated carbocycles. The van der Waals surface area contributed by atoms with E-state index in [9.17, 15) is 26.7 Å². The zero-order valence-corrected chi connectivity index (χ0v) is 22.5. The number of allylic oxidation sites excluding steroid dienone is 5. The number of nitrogens with one attached hydrogen (secondary N) is 1. The van der Waals surface area contributed by atoms with Gasteiger partial charge in [0, 0.05) is 5.70 Å². The third-order valence-electron chi connectivity index (χ3n) is 6.18. The zero-order valence-electron chi connectivity index (χ0n) is 21.7. The number of aliphatic hydroxyl groups is 1. The summed E-state index contributed by atoms with van der Waals surface area (Å²) in [6.07, 6.45) is 1.47. The van der Waals surface area contributed by atoms with Crippen molar-refractivity contribution in [2.45, 2.75) is 43.0 Å². The maximum absolute atomic E-state index is 13.5. The van der Waals surface area contributed by atoms with Crippen LogP contribution in [0.1, 0.15) is 25.0 Å². The van der Waals surface area contributed by atoms with Crippen LogP contribution < -0.4 is 10.1 Å². The van der Waals surface area contributed by atoms with Crippen LogP contribution in [0, 0.1) is 11.3 Å². The standard InChI is InChI=1S/C29H29F3N2O4S/c1-4-27(34-23-12-11-22(18-33)25(16-13-23)29(30,31)32)28(2,35)19-39(36,37)26-8-6-5-7-21(26)17-20-9-14-24(38-3)15-10-20/h4-16,23,34-35H,17,19H2,1-3H3/b27-4+. The molecule has 2 aromatic carbocycles. The van der Waals surface area contributed by atoms with Crippen molar-refractivity contribution in [1.29, 1.82) is 5.26 Å². The van der Waals surface area contributed by atoms with Gasteiger partial charge in [0.25, 0.3) is 0 Å². The Hall–Kier alpha value is -3.81. The Morgan fingerprint density at radius 2 is 1.77 bits per heavy atom. The molecule has 0 heterocycles. The fraction of sp³-hybridized carbons (Fsp3) is 0.276. The Bertz CT molecular complexity index is 1460. The van der Waals surface area contributed by atoms with Crippen molar-refractivity contribution >= 4 is 9.84 Å². The molecular weight excluding hydrogens is 529 g/mol. The highest BCUT2D eigenvalue weighted by molar-refractivity contribution is 7.91. The lowest BCUT2D eigenvalue weighted by Crippen LogP contribution is -2.44. The number of alkyl halides is 3. The topological polar surface area (TPSA) is 99.4 Å². The summed E-state index contributed by atoms with van der Waals surface area (Å²) in [5.41, 5.74) is -2.02. The number of nitrogens with zero attached hydrogens (tertiary/aromatic N) is 1. The van der Waals surface area contributed by atoms with Crippen molar-refractivity contribution in [2.75, 3.05) is 12.9 Å². The molecule has 0 aliphatic heterocycles. The van der Waals surface area contributed by atoms with Crippen LogP contribution in [0.25, 0.3) is 0 Å². The molecule has 0 fully saturated rings. The summed E-state index contributed by atoms with van der Waals surface area (Å²) < 4.78 is 72.2. The van der Waals surface area contributed by atoms with Gasteiger partial charge in [-0.05, 0) is 55.7 Å². The average molecular weight is 559 g/mol. The molecular formula is C29H29F3N2O4S. The minimum absolute atomic E-state index is 0.0727. The van der Waals surface area contributed by atoms with Crippen LogP contribution in [0.5, 0.6) is 5.75 Å². The third-order valence-corrected chi connectivity index (χ3v) is 8.19. The number of methoxy groups -OCH3 is 1. The van der Waals surface area contributed by atoms with Crippen molar-refractivity contribution in [1.82, 2.24) is 5.32 Å². The first-order chi connectivity index (χ1) is 18.3. The van der Waals surface area contributed by atoms with Crippen molar-refractivity contribution in [3.63, 3.8) is 0 Å². The van der Waals surface area contributed by atoms with E-state index in [4.69, 9.17) is 10.00 Å². The molecule has 10 heteroatoms. The number of hydrogen-bond donors (Lipinski definition) is 2. The summed E-state index contributed by atoms with van der Waals surface area (Å²) in [5.74, 6) is -0.00298. The van der Waals surface area contributed by atoms with E-state index in [0.29, 0.717) is 17.7 Å². The van der Waals surface area contributed by atoms with Crippen molar-refractivity contribution in [2.24, 2.45) is 0 Å². The van der Waals surface area contributed by atoms with Gasteiger partial charge in [0.05, 0.1) is 41.0 Å². The van der Waals surface area contributed by atoms with Gasteiger partial charge < -0.3 is 15.2 Å². The van der Waals surface area contributed by atoms with Crippen LogP contribution in [0.2, 0.25) is 0 Å². The van der Waals surface area contributed by atoms with Crippen LogP contribution in [-0.4, -0.2) is 44.2 Å². The lowest BCUT2D eigenvalue weighted by Gasteiger charge is -2.29. The van der Waals surface area contributed by atoms with E-state index < -0.39 is 44.6 Å². The lowest BCUT2D eigenvalue weighted by molar-refractivity contribution is -0.0885. The lowest BCUT2D eigenvalue weighted by atomic mass is 10.0. The summed E-state index contributed by atoms with van der Waals surface area (Å²) in [6.45, 7) is 2.90. The molecule has 3 rings (SSSR count). The van der Waals surface area contributed by atoms with Crippen LogP contribution >= 0.6 is 0 Å². The SMILES string of the molecule is C/C=C(/NC1C=CC(C#N)=C(C(F)(F)F)C=C1)C(C)(O)CS(=O)(=O)c1ccccc1Cc1ccc(OC)cc1. The minimum atomic E-state index is -4.72. The largest absolute Gasteiger partial charge is 0.497 e. The quantitative estimate of drug-likeness (QED) is 0.440. The summed E-state index contributed by atoms with van der Waals surface area (Å²) in [6, 6.07) is 14.5. The Morgan fingerprint density at radius 3 is 2.36 bits per heavy atom. The number of ether oxygens (including phenoxy) is 1. The molecule has 206 valence electrons. The van der Waals surface area contributed by atoms with E-state index in [1.54, 1.807) is 50.4 Å². The summed E-state index contributed by atoms with van der Waals surface area (Å²) >= 11 is 0. The second-order valence-electron chi connectivity index (χ2n) is 9.19. The highest BCUT2D eigenvalue weighted by Crippen LogP contribution is 2.32. The molecule has 39 heavy (non-hydrogen) atoms. The summed E-state index contributed by atoms with van der Waals surface area (Å²) in [5, 5.41) is 23.3. The predicted octanol–water partition coefficient (Wildman–Crippen LogP) is 5.18. The Kier molecular flexibility index (Phi) is 9.10. The molecule has 1 aliphatic carbocycles. The van der Waals surface area contributed by atoms with E-state index in [1.807, 2.05) is 12.1 Å². The first-order valence-corrected chi connectivity index (χ1v) is 13.6. The summed E-state index contributed by atoms with van der Waals surface area (Å²) in [7, 11) is -2.46. The van der Waals surface area contributed by atoms with Gasteiger partial charge in [-0.3, -0.25) is 0 Å². The normalized spacial score (nSPS) is 17.8. The second kappa shape index (κ2) is 11.9. The van der Waals surface area contributed by atoms with E-state index in [-0.39, 0.29) is 10.6 Å². The van der Waals surface area contributed by atoms with E-state index in [1.165, 1.54) is 31.2 Å². The first kappa shape index (κ1) is 29.7. The van der Waals surface area contributed by atoms with Gasteiger partial charge in [-0.25, -0.2) is 8.42 Å². The molecule has 0 saturated heterocycles. The third kappa shape index (κ3) is 7.40. The van der Waals surface area contributed by atoms with E-state index in [0.717, 1.165) is 17.7 Å². The first-order valence-electron chi connectivity index (χ1n) is 12.0. The highest BCUT2D eigenvalue weighted by atomic mass is 32.2. The van der Waals surface area contributed by atoms with Crippen LogP contribution in [0.4, 0.5) is 13.2 Å². The minimum Gasteiger partial charge on any atom is -0.497 e. The Balaban J connectivity index is 1.83. The molecule has 2 unspecified atom stereocenters. The second-order valence-corrected chi connectivity index (χ2v) is 11.2. The average Bonchev–Trinajstić information content (AvgIpc) is 3.09. The maximum Gasteiger partial charge on any atom is 0.417 e.